The number of hydrogen-bond acceptors (Lipinski definition) is 3. The van der Waals surface area contributed by atoms with E-state index in [2.05, 4.69) is 0 Å². The summed E-state index contributed by atoms with van der Waals surface area (Å²) in [5.74, 6) is -0.115. The molecule has 0 spiro atoms. The Morgan fingerprint density at radius 2 is 2.04 bits per heavy atom. The quantitative estimate of drug-likeness (QED) is 0.819. The Morgan fingerprint density at radius 1 is 1.33 bits per heavy atom. The average Bonchev–Trinajstić information content (AvgIpc) is 2.56. The monoisotopic (exact) mass is 352 g/mol. The second-order valence-corrected chi connectivity index (χ2v) is 8.79. The zero-order chi connectivity index (χ0) is 17.9. The number of anilines is 1. The van der Waals surface area contributed by atoms with Crippen molar-refractivity contribution in [1.29, 1.82) is 0 Å². The highest BCUT2D eigenvalue weighted by Crippen LogP contribution is 2.26. The van der Waals surface area contributed by atoms with E-state index in [0.717, 1.165) is 29.7 Å². The third-order valence-electron chi connectivity index (χ3n) is 4.65. The van der Waals surface area contributed by atoms with Crippen molar-refractivity contribution in [3.8, 4) is 0 Å². The lowest BCUT2D eigenvalue weighted by Crippen LogP contribution is -2.46. The molecule has 0 saturated carbocycles. The van der Waals surface area contributed by atoms with Crippen LogP contribution in [0.1, 0.15) is 37.3 Å². The van der Waals surface area contributed by atoms with Crippen molar-refractivity contribution in [3.63, 3.8) is 0 Å². The highest BCUT2D eigenvalue weighted by Gasteiger charge is 2.33. The zero-order valence-corrected chi connectivity index (χ0v) is 15.9. The molecule has 1 heterocycles. The van der Waals surface area contributed by atoms with Gasteiger partial charge < -0.3 is 4.90 Å². The third kappa shape index (κ3) is 4.16. The summed E-state index contributed by atoms with van der Waals surface area (Å²) < 4.78 is 26.1. The number of carbonyl (C=O) groups excluding carboxylic acids is 1. The summed E-state index contributed by atoms with van der Waals surface area (Å²) in [4.78, 5) is 14.6. The molecule has 0 N–H and O–H groups in total. The van der Waals surface area contributed by atoms with E-state index in [4.69, 9.17) is 0 Å². The maximum atomic E-state index is 12.9. The van der Waals surface area contributed by atoms with Crippen molar-refractivity contribution >= 4 is 21.6 Å². The number of aryl methyl sites for hydroxylation is 2. The fourth-order valence-electron chi connectivity index (χ4n) is 3.26. The molecule has 6 heteroatoms. The van der Waals surface area contributed by atoms with E-state index in [9.17, 15) is 13.2 Å². The van der Waals surface area contributed by atoms with Gasteiger partial charge in [-0.3, -0.25) is 4.79 Å². The number of hydrogen-bond donors (Lipinski definition) is 0. The molecule has 1 saturated heterocycles. The number of nitrogens with zero attached hydrogens (tertiary/aromatic N) is 2. The molecule has 134 valence electrons. The van der Waals surface area contributed by atoms with Crippen molar-refractivity contribution < 1.29 is 13.2 Å². The van der Waals surface area contributed by atoms with Crippen LogP contribution in [-0.2, 0) is 14.8 Å². The highest BCUT2D eigenvalue weighted by atomic mass is 32.2. The number of carbonyl (C=O) groups is 1. The third-order valence-corrected chi connectivity index (χ3v) is 6.69. The largest absolute Gasteiger partial charge is 0.315 e. The van der Waals surface area contributed by atoms with Crippen molar-refractivity contribution in [2.45, 2.75) is 40.0 Å². The van der Waals surface area contributed by atoms with Gasteiger partial charge in [0.05, 0.1) is 11.7 Å². The molecule has 1 fully saturated rings. The normalized spacial score (nSPS) is 19.2. The molecule has 1 unspecified atom stereocenters. The molecule has 1 aliphatic heterocycles. The molecule has 0 aromatic heterocycles. The van der Waals surface area contributed by atoms with Crippen LogP contribution in [0.3, 0.4) is 0 Å². The molecule has 1 aromatic rings. The molecule has 1 amide bonds. The van der Waals surface area contributed by atoms with Crippen LogP contribution in [0.2, 0.25) is 0 Å². The lowest BCUT2D eigenvalue weighted by Gasteiger charge is -2.33. The van der Waals surface area contributed by atoms with Crippen LogP contribution in [0, 0.1) is 19.8 Å². The number of benzene rings is 1. The van der Waals surface area contributed by atoms with Crippen LogP contribution in [-0.4, -0.2) is 44.5 Å². The first-order chi connectivity index (χ1) is 11.3. The van der Waals surface area contributed by atoms with Crippen molar-refractivity contribution in [3.05, 3.63) is 29.3 Å². The maximum absolute atomic E-state index is 12.9. The lowest BCUT2D eigenvalue weighted by atomic mass is 9.97. The van der Waals surface area contributed by atoms with Crippen LogP contribution >= 0.6 is 0 Å². The fourth-order valence-corrected chi connectivity index (χ4v) is 4.85. The van der Waals surface area contributed by atoms with Gasteiger partial charge in [0, 0.05) is 25.8 Å². The van der Waals surface area contributed by atoms with Gasteiger partial charge in [-0.05, 0) is 50.3 Å². The molecule has 2 rings (SSSR count). The molecule has 1 aliphatic rings. The summed E-state index contributed by atoms with van der Waals surface area (Å²) in [5, 5.41) is 0. The van der Waals surface area contributed by atoms with Gasteiger partial charge in [-0.15, -0.1) is 0 Å². The second kappa shape index (κ2) is 7.66. The van der Waals surface area contributed by atoms with Crippen LogP contribution in [0.15, 0.2) is 18.2 Å². The van der Waals surface area contributed by atoms with Crippen molar-refractivity contribution in [2.75, 3.05) is 30.8 Å². The van der Waals surface area contributed by atoms with Crippen LogP contribution in [0.5, 0.6) is 0 Å². The standard InChI is InChI=1S/C18H28N2O3S/c1-5-11-24(22,23)20-10-6-7-16(13-20)18(21)19(4)17-12-14(2)8-9-15(17)3/h8-9,12,16H,5-7,10-11,13H2,1-4H3. The molecule has 0 bridgehead atoms. The van der Waals surface area contributed by atoms with Gasteiger partial charge >= 0.3 is 0 Å². The number of rotatable bonds is 5. The van der Waals surface area contributed by atoms with E-state index < -0.39 is 10.0 Å². The van der Waals surface area contributed by atoms with E-state index in [0.29, 0.717) is 19.5 Å². The summed E-state index contributed by atoms with van der Waals surface area (Å²) in [6.07, 6.45) is 2.08. The number of sulfonamides is 1. The highest BCUT2D eigenvalue weighted by molar-refractivity contribution is 7.89. The predicted octanol–water partition coefficient (Wildman–Crippen LogP) is 2.72. The Labute approximate surface area is 145 Å². The van der Waals surface area contributed by atoms with Gasteiger partial charge in [0.1, 0.15) is 0 Å². The number of amides is 1. The molecule has 1 aromatic carbocycles. The maximum Gasteiger partial charge on any atom is 0.231 e. The zero-order valence-electron chi connectivity index (χ0n) is 15.1. The van der Waals surface area contributed by atoms with Crippen molar-refractivity contribution in [2.24, 2.45) is 5.92 Å². The SMILES string of the molecule is CCCS(=O)(=O)N1CCCC(C(=O)N(C)c2cc(C)ccc2C)C1. The van der Waals surface area contributed by atoms with E-state index >= 15 is 0 Å². The van der Waals surface area contributed by atoms with Gasteiger partial charge in [0.25, 0.3) is 0 Å². The van der Waals surface area contributed by atoms with Gasteiger partial charge in [0.2, 0.25) is 15.9 Å². The minimum Gasteiger partial charge on any atom is -0.315 e. The Hall–Kier alpha value is -1.40. The Morgan fingerprint density at radius 3 is 2.71 bits per heavy atom. The summed E-state index contributed by atoms with van der Waals surface area (Å²) in [6, 6.07) is 6.03. The summed E-state index contributed by atoms with van der Waals surface area (Å²) >= 11 is 0. The van der Waals surface area contributed by atoms with Gasteiger partial charge in [-0.1, -0.05) is 19.1 Å². The Kier molecular flexibility index (Phi) is 6.04. The van der Waals surface area contributed by atoms with E-state index in [1.807, 2.05) is 39.0 Å². The molecular weight excluding hydrogens is 324 g/mol. The first-order valence-electron chi connectivity index (χ1n) is 8.59. The lowest BCUT2D eigenvalue weighted by molar-refractivity contribution is -0.123. The van der Waals surface area contributed by atoms with E-state index in [1.165, 1.54) is 4.31 Å². The fraction of sp³-hybridized carbons (Fsp3) is 0.611. The smallest absolute Gasteiger partial charge is 0.231 e. The summed E-state index contributed by atoms with van der Waals surface area (Å²) in [5.41, 5.74) is 3.04. The van der Waals surface area contributed by atoms with Gasteiger partial charge in [-0.25, -0.2) is 12.7 Å². The molecule has 0 radical (unpaired) electrons. The van der Waals surface area contributed by atoms with Crippen molar-refractivity contribution in [1.82, 2.24) is 4.31 Å². The Bertz CT molecular complexity index is 700. The molecule has 0 aliphatic carbocycles. The predicted molar refractivity (Wildman–Crippen MR) is 97.7 cm³/mol. The summed E-state index contributed by atoms with van der Waals surface area (Å²) in [6.45, 7) is 6.67. The minimum absolute atomic E-state index is 0.0000912. The molecular formula is C18H28N2O3S. The van der Waals surface area contributed by atoms with E-state index in [-0.39, 0.29) is 17.6 Å². The first kappa shape index (κ1) is 18.9. The Balaban J connectivity index is 2.15. The van der Waals surface area contributed by atoms with Crippen LogP contribution in [0.4, 0.5) is 5.69 Å². The topological polar surface area (TPSA) is 57.7 Å². The van der Waals surface area contributed by atoms with Crippen LogP contribution < -0.4 is 4.90 Å². The average molecular weight is 353 g/mol. The van der Waals surface area contributed by atoms with Gasteiger partial charge in [0.15, 0.2) is 0 Å². The summed E-state index contributed by atoms with van der Waals surface area (Å²) in [7, 11) is -1.46. The first-order valence-corrected chi connectivity index (χ1v) is 10.2. The van der Waals surface area contributed by atoms with Gasteiger partial charge in [-0.2, -0.15) is 0 Å². The number of piperidine rings is 1. The minimum atomic E-state index is -3.24. The van der Waals surface area contributed by atoms with E-state index in [1.54, 1.807) is 11.9 Å². The van der Waals surface area contributed by atoms with Crippen LogP contribution in [0.25, 0.3) is 0 Å². The molecule has 1 atom stereocenters. The second-order valence-electron chi connectivity index (χ2n) is 6.70. The molecule has 24 heavy (non-hydrogen) atoms. The molecule has 5 nitrogen and oxygen atoms in total.